The number of carbonyl (C=O) groups excluding carboxylic acids is 1. The number of hydrogen-bond donors (Lipinski definition) is 1. The molecule has 0 aromatic heterocycles. The van der Waals surface area contributed by atoms with Gasteiger partial charge in [-0.25, -0.2) is 17.9 Å². The van der Waals surface area contributed by atoms with Crippen molar-refractivity contribution in [3.63, 3.8) is 0 Å². The quantitative estimate of drug-likeness (QED) is 0.538. The first-order valence-electron chi connectivity index (χ1n) is 11.7. The molecule has 2 aliphatic rings. The van der Waals surface area contributed by atoms with E-state index in [9.17, 15) is 39.6 Å². The van der Waals surface area contributed by atoms with Crippen LogP contribution in [-0.2, 0) is 21.3 Å². The predicted molar refractivity (Wildman–Crippen MR) is 124 cm³/mol. The number of halogens is 6. The normalized spacial score (nSPS) is 18.9. The van der Waals surface area contributed by atoms with Crippen molar-refractivity contribution in [3.05, 3.63) is 29.3 Å². The predicted octanol–water partition coefficient (Wildman–Crippen LogP) is 3.26. The Balaban J connectivity index is 1.59. The lowest BCUT2D eigenvalue weighted by molar-refractivity contribution is -0.308. The van der Waals surface area contributed by atoms with Gasteiger partial charge < -0.3 is 14.5 Å². The van der Waals surface area contributed by atoms with Crippen molar-refractivity contribution in [3.8, 4) is 0 Å². The number of amides is 1. The fraction of sp³-hybridized carbons (Fsp3) is 0.682. The summed E-state index contributed by atoms with van der Waals surface area (Å²) in [6, 6.07) is 5.67. The second-order valence-corrected chi connectivity index (χ2v) is 11.1. The minimum Gasteiger partial charge on any atom is -0.426 e. The standard InChI is InChI=1S/C22H30F6N4O4S/c1-15-4-3-5-16(18(15)31-8-6-17(7-9-31)29-37(2,34)35)14-30-10-12-32(13-11-30)20(33)36-19(21(23,24)25)22(26,27)28/h3-5,17,19,29H,6-14H2,1-2H3. The summed E-state index contributed by atoms with van der Waals surface area (Å²) in [4.78, 5) is 17.0. The summed E-state index contributed by atoms with van der Waals surface area (Å²) in [6.07, 6.45) is -14.9. The number of sulfonamides is 1. The molecule has 0 spiro atoms. The number of rotatable bonds is 6. The first kappa shape index (κ1) is 29.3. The average Bonchev–Trinajstić information content (AvgIpc) is 2.76. The Kier molecular flexibility index (Phi) is 8.90. The van der Waals surface area contributed by atoms with Gasteiger partial charge in [-0.3, -0.25) is 4.90 Å². The van der Waals surface area contributed by atoms with Gasteiger partial charge in [-0.1, -0.05) is 18.2 Å². The van der Waals surface area contributed by atoms with Crippen LogP contribution in [0.2, 0.25) is 0 Å². The van der Waals surface area contributed by atoms with Crippen LogP contribution in [0.15, 0.2) is 18.2 Å². The van der Waals surface area contributed by atoms with Gasteiger partial charge in [-0.15, -0.1) is 0 Å². The van der Waals surface area contributed by atoms with Gasteiger partial charge in [-0.2, -0.15) is 26.3 Å². The average molecular weight is 561 g/mol. The second kappa shape index (κ2) is 11.2. The van der Waals surface area contributed by atoms with E-state index in [1.165, 1.54) is 0 Å². The van der Waals surface area contributed by atoms with Crippen molar-refractivity contribution < 1.29 is 44.3 Å². The Morgan fingerprint density at radius 1 is 1.03 bits per heavy atom. The summed E-state index contributed by atoms with van der Waals surface area (Å²) in [5.41, 5.74) is 3.03. The van der Waals surface area contributed by atoms with Gasteiger partial charge in [0.25, 0.3) is 6.10 Å². The number of benzene rings is 1. The van der Waals surface area contributed by atoms with Gasteiger partial charge in [0.15, 0.2) is 0 Å². The molecule has 2 saturated heterocycles. The van der Waals surface area contributed by atoms with E-state index in [0.717, 1.165) is 28.0 Å². The van der Waals surface area contributed by atoms with Crippen LogP contribution < -0.4 is 9.62 Å². The fourth-order valence-electron chi connectivity index (χ4n) is 4.65. The SMILES string of the molecule is Cc1cccc(CN2CCN(C(=O)OC(C(F)(F)F)C(F)(F)F)CC2)c1N1CCC(NS(C)(=O)=O)CC1. The summed E-state index contributed by atoms with van der Waals surface area (Å²) in [7, 11) is -3.30. The maximum absolute atomic E-state index is 12.7. The molecular weight excluding hydrogens is 530 g/mol. The molecule has 1 aromatic carbocycles. The zero-order chi connectivity index (χ0) is 27.6. The van der Waals surface area contributed by atoms with Crippen LogP contribution in [0.25, 0.3) is 0 Å². The molecule has 0 aliphatic carbocycles. The van der Waals surface area contributed by atoms with E-state index in [1.807, 2.05) is 30.0 Å². The summed E-state index contributed by atoms with van der Waals surface area (Å²) in [6.45, 7) is 4.04. The largest absolute Gasteiger partial charge is 0.434 e. The summed E-state index contributed by atoms with van der Waals surface area (Å²) in [5, 5.41) is 0. The van der Waals surface area contributed by atoms with Gasteiger partial charge in [0.05, 0.1) is 6.26 Å². The van der Waals surface area contributed by atoms with Crippen LogP contribution in [0.5, 0.6) is 0 Å². The van der Waals surface area contributed by atoms with Gasteiger partial charge in [0, 0.05) is 57.5 Å². The highest BCUT2D eigenvalue weighted by molar-refractivity contribution is 7.88. The van der Waals surface area contributed by atoms with E-state index in [2.05, 4.69) is 14.4 Å². The summed E-state index contributed by atoms with van der Waals surface area (Å²) in [5.74, 6) is 0. The Labute approximate surface area is 211 Å². The minimum atomic E-state index is -5.76. The zero-order valence-electron chi connectivity index (χ0n) is 20.4. The number of hydrogen-bond acceptors (Lipinski definition) is 6. The smallest absolute Gasteiger partial charge is 0.426 e. The third-order valence-electron chi connectivity index (χ3n) is 6.35. The van der Waals surface area contributed by atoms with Crippen LogP contribution in [0, 0.1) is 6.92 Å². The number of nitrogens with one attached hydrogen (secondary N) is 1. The van der Waals surface area contributed by atoms with E-state index in [1.54, 1.807) is 0 Å². The third kappa shape index (κ3) is 8.11. The molecule has 1 N–H and O–H groups in total. The van der Waals surface area contributed by atoms with Crippen molar-refractivity contribution in [1.29, 1.82) is 0 Å². The van der Waals surface area contributed by atoms with E-state index in [-0.39, 0.29) is 32.2 Å². The molecule has 2 heterocycles. The molecule has 1 aromatic rings. The molecule has 0 atom stereocenters. The first-order valence-corrected chi connectivity index (χ1v) is 13.6. The highest BCUT2D eigenvalue weighted by atomic mass is 32.2. The highest BCUT2D eigenvalue weighted by Crippen LogP contribution is 2.36. The van der Waals surface area contributed by atoms with Crippen molar-refractivity contribution in [2.75, 3.05) is 50.4 Å². The highest BCUT2D eigenvalue weighted by Gasteiger charge is 2.60. The first-order chi connectivity index (χ1) is 17.0. The Morgan fingerprint density at radius 2 is 1.59 bits per heavy atom. The molecule has 15 heteroatoms. The van der Waals surface area contributed by atoms with E-state index < -0.39 is 34.6 Å². The zero-order valence-corrected chi connectivity index (χ0v) is 21.2. The van der Waals surface area contributed by atoms with Crippen LogP contribution in [0.1, 0.15) is 24.0 Å². The number of piperazine rings is 1. The van der Waals surface area contributed by atoms with Crippen molar-refractivity contribution >= 4 is 21.8 Å². The monoisotopic (exact) mass is 560 g/mol. The number of alkyl halides is 6. The van der Waals surface area contributed by atoms with E-state index in [4.69, 9.17) is 0 Å². The molecular formula is C22H30F6N4O4S. The molecule has 0 saturated carbocycles. The van der Waals surface area contributed by atoms with Gasteiger partial charge >= 0.3 is 18.4 Å². The van der Waals surface area contributed by atoms with Crippen LogP contribution in [0.4, 0.5) is 36.8 Å². The molecule has 0 unspecified atom stereocenters. The summed E-state index contributed by atoms with van der Waals surface area (Å²) >= 11 is 0. The molecule has 2 aliphatic heterocycles. The van der Waals surface area contributed by atoms with Gasteiger partial charge in [-0.05, 0) is 30.9 Å². The Hall–Kier alpha value is -2.26. The number of carbonyl (C=O) groups is 1. The van der Waals surface area contributed by atoms with Crippen molar-refractivity contribution in [2.24, 2.45) is 0 Å². The molecule has 2 fully saturated rings. The Morgan fingerprint density at radius 3 is 2.11 bits per heavy atom. The van der Waals surface area contributed by atoms with Crippen LogP contribution in [0.3, 0.4) is 0 Å². The van der Waals surface area contributed by atoms with E-state index >= 15 is 0 Å². The molecule has 37 heavy (non-hydrogen) atoms. The summed E-state index contributed by atoms with van der Waals surface area (Å²) < 4.78 is 106. The van der Waals surface area contributed by atoms with Crippen molar-refractivity contribution in [1.82, 2.24) is 14.5 Å². The number of anilines is 1. The maximum Gasteiger partial charge on any atom is 0.434 e. The van der Waals surface area contributed by atoms with Crippen LogP contribution >= 0.6 is 0 Å². The molecule has 210 valence electrons. The second-order valence-electron chi connectivity index (χ2n) is 9.34. The lowest BCUT2D eigenvalue weighted by Gasteiger charge is -2.38. The van der Waals surface area contributed by atoms with E-state index in [0.29, 0.717) is 32.5 Å². The van der Waals surface area contributed by atoms with Crippen LogP contribution in [-0.4, -0.2) is 94.3 Å². The number of ether oxygens (including phenoxy) is 1. The third-order valence-corrected chi connectivity index (χ3v) is 7.11. The molecule has 0 radical (unpaired) electrons. The number of para-hydroxylation sites is 1. The van der Waals surface area contributed by atoms with Crippen molar-refractivity contribution in [2.45, 2.75) is 50.8 Å². The lowest BCUT2D eigenvalue weighted by atomic mass is 10.0. The number of aryl methyl sites for hydroxylation is 1. The lowest BCUT2D eigenvalue weighted by Crippen LogP contribution is -2.52. The number of nitrogens with zero attached hydrogens (tertiary/aromatic N) is 3. The van der Waals surface area contributed by atoms with Gasteiger partial charge in [0.2, 0.25) is 10.0 Å². The maximum atomic E-state index is 12.7. The molecule has 1 amide bonds. The topological polar surface area (TPSA) is 82.2 Å². The minimum absolute atomic E-state index is 0.0784. The Bertz CT molecular complexity index is 1040. The number of piperidine rings is 1. The molecule has 0 bridgehead atoms. The molecule has 3 rings (SSSR count). The fourth-order valence-corrected chi connectivity index (χ4v) is 5.49. The van der Waals surface area contributed by atoms with Gasteiger partial charge in [0.1, 0.15) is 0 Å². The molecule has 8 nitrogen and oxygen atoms in total.